The molecule has 0 bridgehead atoms. The summed E-state index contributed by atoms with van der Waals surface area (Å²) in [7, 11) is 2.78. The molecule has 8 heteroatoms. The Morgan fingerprint density at radius 3 is 1.94 bits per heavy atom. The summed E-state index contributed by atoms with van der Waals surface area (Å²) >= 11 is 0. The third-order valence-electron chi connectivity index (χ3n) is 6.64. The minimum Gasteiger partial charge on any atom is -0.756 e. The van der Waals surface area contributed by atoms with E-state index in [1.54, 1.807) is 7.11 Å². The minimum absolute atomic E-state index is 0.0959. The molecule has 0 fully saturated rings. The van der Waals surface area contributed by atoms with E-state index in [0.717, 1.165) is 25.7 Å². The van der Waals surface area contributed by atoms with Crippen LogP contribution in [0.2, 0.25) is 0 Å². The lowest BCUT2D eigenvalue weighted by molar-refractivity contribution is -0.877. The van der Waals surface area contributed by atoms with Gasteiger partial charge in [0.2, 0.25) is 0 Å². The van der Waals surface area contributed by atoms with Crippen molar-refractivity contribution in [2.75, 3.05) is 34.8 Å². The molecule has 0 saturated carbocycles. The van der Waals surface area contributed by atoms with E-state index in [9.17, 15) is 14.4 Å². The molecular weight excluding hydrogens is 439 g/mol. The molecule has 0 aliphatic heterocycles. The van der Waals surface area contributed by atoms with Crippen molar-refractivity contribution in [1.82, 2.24) is 0 Å². The average molecular weight is 495 g/mol. The molecule has 0 rings (SSSR count). The Balaban J connectivity index is 5.47. The van der Waals surface area contributed by atoms with E-state index in [4.69, 9.17) is 15.0 Å². The van der Waals surface area contributed by atoms with Crippen molar-refractivity contribution in [2.45, 2.75) is 122 Å². The fourth-order valence-corrected chi connectivity index (χ4v) is 5.77. The molecule has 0 aliphatic carbocycles. The van der Waals surface area contributed by atoms with Crippen LogP contribution < -0.4 is 10.6 Å². The van der Waals surface area contributed by atoms with Gasteiger partial charge in [0.25, 0.3) is 7.82 Å². The molecule has 0 spiro atoms. The third-order valence-corrected chi connectivity index (χ3v) is 7.24. The number of ether oxygens (including phenoxy) is 1. The highest BCUT2D eigenvalue weighted by molar-refractivity contribution is 7.44. The lowest BCUT2D eigenvalue weighted by Crippen LogP contribution is -2.56. The second kappa shape index (κ2) is 16.6. The van der Waals surface area contributed by atoms with E-state index in [-0.39, 0.29) is 18.1 Å². The summed E-state index contributed by atoms with van der Waals surface area (Å²) in [5, 5.41) is 0. The van der Waals surface area contributed by atoms with Gasteiger partial charge in [-0.2, -0.15) is 0 Å². The molecule has 5 atom stereocenters. The van der Waals surface area contributed by atoms with Crippen molar-refractivity contribution >= 4 is 7.82 Å². The van der Waals surface area contributed by atoms with Crippen LogP contribution in [0, 0.1) is 5.92 Å². The quantitative estimate of drug-likeness (QED) is 0.132. The van der Waals surface area contributed by atoms with E-state index in [2.05, 4.69) is 6.92 Å². The molecule has 0 aromatic carbocycles. The maximum absolute atomic E-state index is 12.0. The molecule has 5 unspecified atom stereocenters. The van der Waals surface area contributed by atoms with E-state index >= 15 is 0 Å². The number of phosphoric acid groups is 1. The van der Waals surface area contributed by atoms with Gasteiger partial charge in [-0.15, -0.1) is 0 Å². The van der Waals surface area contributed by atoms with Gasteiger partial charge in [0.15, 0.2) is 0 Å². The first-order valence-corrected chi connectivity index (χ1v) is 14.6. The Bertz CT molecular complexity index is 537. The van der Waals surface area contributed by atoms with Crippen LogP contribution in [0.1, 0.15) is 104 Å². The first kappa shape index (κ1) is 33.0. The Morgan fingerprint density at radius 1 is 1.00 bits per heavy atom. The van der Waals surface area contributed by atoms with E-state index < -0.39 is 13.4 Å². The number of nitrogens with zero attached hydrogens (tertiary/aromatic N) is 1. The summed E-state index contributed by atoms with van der Waals surface area (Å²) in [6.45, 7) is 6.67. The molecule has 0 aliphatic rings. The zero-order chi connectivity index (χ0) is 25.5. The monoisotopic (exact) mass is 494 g/mol. The van der Waals surface area contributed by atoms with Gasteiger partial charge in [-0.1, -0.05) is 78.1 Å². The van der Waals surface area contributed by atoms with Crippen molar-refractivity contribution in [3.8, 4) is 0 Å². The summed E-state index contributed by atoms with van der Waals surface area (Å²) in [5.41, 5.74) is 5.47. The van der Waals surface area contributed by atoms with Crippen molar-refractivity contribution in [2.24, 2.45) is 11.7 Å². The molecule has 0 amide bonds. The highest BCUT2D eigenvalue weighted by atomic mass is 31.2. The average Bonchev–Trinajstić information content (AvgIpc) is 2.68. The number of rotatable bonds is 21. The lowest BCUT2D eigenvalue weighted by Gasteiger charge is -2.46. The van der Waals surface area contributed by atoms with Crippen LogP contribution in [0.15, 0.2) is 0 Å². The molecule has 0 heterocycles. The van der Waals surface area contributed by atoms with Crippen LogP contribution in [-0.4, -0.2) is 61.9 Å². The SMILES string of the molecule is CCCCCCCCCCCC(CC(N)C(C)OC)C(CCC)(C[N+](C)(C)C)OP(=O)([O-])O. The number of methoxy groups -OCH3 is 1. The number of unbranched alkanes of at least 4 members (excludes halogenated alkanes) is 8. The summed E-state index contributed by atoms with van der Waals surface area (Å²) in [4.78, 5) is 21.8. The van der Waals surface area contributed by atoms with Crippen LogP contribution in [-0.2, 0) is 13.8 Å². The van der Waals surface area contributed by atoms with Gasteiger partial charge in [0.1, 0.15) is 12.1 Å². The number of nitrogens with two attached hydrogens (primary N) is 1. The first-order valence-electron chi connectivity index (χ1n) is 13.1. The molecule has 3 N–H and O–H groups in total. The number of hydrogen-bond acceptors (Lipinski definition) is 5. The fraction of sp³-hybridized carbons (Fsp3) is 1.00. The lowest BCUT2D eigenvalue weighted by atomic mass is 9.75. The number of phosphoric ester groups is 1. The smallest absolute Gasteiger partial charge is 0.266 e. The second-order valence-corrected chi connectivity index (χ2v) is 12.1. The molecular formula is C25H55N2O5P. The Labute approximate surface area is 204 Å². The number of likely N-dealkylation sites (N-methyl/N-ethyl adjacent to an activating group) is 1. The van der Waals surface area contributed by atoms with Gasteiger partial charge in [-0.25, -0.2) is 0 Å². The van der Waals surface area contributed by atoms with Gasteiger partial charge >= 0.3 is 0 Å². The largest absolute Gasteiger partial charge is 0.756 e. The zero-order valence-corrected chi connectivity index (χ0v) is 23.6. The van der Waals surface area contributed by atoms with Gasteiger partial charge in [0.05, 0.1) is 27.2 Å². The third kappa shape index (κ3) is 15.6. The molecule has 0 aromatic heterocycles. The molecule has 0 aromatic rings. The van der Waals surface area contributed by atoms with E-state index in [1.807, 2.05) is 35.0 Å². The molecule has 7 nitrogen and oxygen atoms in total. The fourth-order valence-electron chi connectivity index (χ4n) is 5.01. The number of quaternary nitrogens is 1. The van der Waals surface area contributed by atoms with Crippen molar-refractivity contribution in [3.63, 3.8) is 0 Å². The maximum atomic E-state index is 12.0. The Morgan fingerprint density at radius 2 is 1.52 bits per heavy atom. The van der Waals surface area contributed by atoms with Crippen LogP contribution in [0.3, 0.4) is 0 Å². The first-order chi connectivity index (χ1) is 15.3. The predicted octanol–water partition coefficient (Wildman–Crippen LogP) is 5.00. The highest BCUT2D eigenvalue weighted by Gasteiger charge is 2.46. The van der Waals surface area contributed by atoms with Crippen molar-refractivity contribution in [1.29, 1.82) is 0 Å². The van der Waals surface area contributed by atoms with Crippen LogP contribution in [0.5, 0.6) is 0 Å². The van der Waals surface area contributed by atoms with Gasteiger partial charge < -0.3 is 29.3 Å². The molecule has 33 heavy (non-hydrogen) atoms. The van der Waals surface area contributed by atoms with Crippen LogP contribution >= 0.6 is 7.82 Å². The second-order valence-electron chi connectivity index (χ2n) is 11.0. The standard InChI is InChI=1S/C25H55N2O5P/c1-8-10-11-12-13-14-15-16-17-18-23(20-24(26)22(3)31-7)25(19-9-2,21-27(4,5)6)32-33(28,29)30/h22-24H,8-21,26H2,1-7H3,(H-,28,29,30). The van der Waals surface area contributed by atoms with Gasteiger partial charge in [-0.3, -0.25) is 4.57 Å². The topological polar surface area (TPSA) is 105 Å². The summed E-state index contributed by atoms with van der Waals surface area (Å²) < 4.78 is 23.6. The van der Waals surface area contributed by atoms with Crippen LogP contribution in [0.25, 0.3) is 0 Å². The van der Waals surface area contributed by atoms with E-state index in [1.165, 1.54) is 44.9 Å². The Kier molecular flexibility index (Phi) is 16.6. The minimum atomic E-state index is -4.93. The molecule has 0 saturated heterocycles. The molecule has 0 radical (unpaired) electrons. The number of hydrogen-bond donors (Lipinski definition) is 2. The summed E-state index contributed by atoms with van der Waals surface area (Å²) in [6.07, 6.45) is 13.6. The van der Waals surface area contributed by atoms with Crippen molar-refractivity contribution in [3.05, 3.63) is 0 Å². The van der Waals surface area contributed by atoms with Gasteiger partial charge in [-0.05, 0) is 32.1 Å². The molecule has 200 valence electrons. The maximum Gasteiger partial charge on any atom is 0.266 e. The highest BCUT2D eigenvalue weighted by Crippen LogP contribution is 2.46. The predicted molar refractivity (Wildman–Crippen MR) is 136 cm³/mol. The van der Waals surface area contributed by atoms with E-state index in [0.29, 0.717) is 23.9 Å². The summed E-state index contributed by atoms with van der Waals surface area (Å²) in [5.74, 6) is -0.0959. The van der Waals surface area contributed by atoms with Crippen LogP contribution in [0.4, 0.5) is 0 Å². The summed E-state index contributed by atoms with van der Waals surface area (Å²) in [6, 6.07) is -0.240. The normalized spacial score (nSPS) is 19.0. The van der Waals surface area contributed by atoms with Crippen molar-refractivity contribution < 1.29 is 28.1 Å². The van der Waals surface area contributed by atoms with Gasteiger partial charge in [0, 0.05) is 13.2 Å². The zero-order valence-electron chi connectivity index (χ0n) is 22.7. The Hall–Kier alpha value is -0.0100.